The van der Waals surface area contributed by atoms with Gasteiger partial charge < -0.3 is 10.2 Å². The number of benzene rings is 2. The molecule has 3 aromatic heterocycles. The summed E-state index contributed by atoms with van der Waals surface area (Å²) in [7, 11) is 0. The van der Waals surface area contributed by atoms with Gasteiger partial charge in [0.15, 0.2) is 0 Å². The van der Waals surface area contributed by atoms with E-state index in [0.29, 0.717) is 12.1 Å². The van der Waals surface area contributed by atoms with Gasteiger partial charge in [-0.15, -0.1) is 5.10 Å². The molecule has 4 heterocycles. The highest BCUT2D eigenvalue weighted by molar-refractivity contribution is 5.94. The van der Waals surface area contributed by atoms with Crippen LogP contribution in [0.2, 0.25) is 0 Å². The van der Waals surface area contributed by atoms with Crippen LogP contribution in [0.5, 0.6) is 0 Å². The van der Waals surface area contributed by atoms with Gasteiger partial charge in [0.2, 0.25) is 0 Å². The van der Waals surface area contributed by atoms with Crippen molar-refractivity contribution < 1.29 is 19.0 Å². The average Bonchev–Trinajstić information content (AvgIpc) is 3.57. The molecular formula is C26H23F2N7O2. The molecule has 0 spiro atoms. The normalized spacial score (nSPS) is 16.9. The molecule has 37 heavy (non-hydrogen) atoms. The Bertz CT molecular complexity index is 1550. The van der Waals surface area contributed by atoms with Crippen LogP contribution >= 0.6 is 0 Å². The Balaban J connectivity index is 1.27. The van der Waals surface area contributed by atoms with Gasteiger partial charge in [0.05, 0.1) is 28.7 Å². The molecule has 0 unspecified atom stereocenters. The lowest BCUT2D eigenvalue weighted by Crippen LogP contribution is -2.51. The van der Waals surface area contributed by atoms with E-state index in [1.54, 1.807) is 23.3 Å². The average molecular weight is 504 g/mol. The lowest BCUT2D eigenvalue weighted by atomic mass is 9.93. The molecule has 188 valence electrons. The second-order valence-corrected chi connectivity index (χ2v) is 9.14. The Labute approximate surface area is 210 Å². The number of hydrogen-bond donors (Lipinski definition) is 3. The fourth-order valence-corrected chi connectivity index (χ4v) is 4.94. The van der Waals surface area contributed by atoms with Crippen molar-refractivity contribution in [3.05, 3.63) is 90.0 Å². The first-order valence-electron chi connectivity index (χ1n) is 11.9. The first kappa shape index (κ1) is 23.3. The number of pyridine rings is 1. The number of likely N-dealkylation sites (tertiary alicyclic amines) is 1. The SMILES string of the molecule is OC(O)(c1c(F)cccc1F)N1CCC[C@@H](c2cn(-c3ccc4[nH]nc(-c5ccncc5)c4c3)nn2)C1. The number of nitrogens with zero attached hydrogens (tertiary/aromatic N) is 6. The zero-order valence-electron chi connectivity index (χ0n) is 19.6. The van der Waals surface area contributed by atoms with Gasteiger partial charge in [-0.2, -0.15) is 5.10 Å². The van der Waals surface area contributed by atoms with Crippen molar-refractivity contribution in [2.24, 2.45) is 0 Å². The number of H-pyrrole nitrogens is 1. The summed E-state index contributed by atoms with van der Waals surface area (Å²) >= 11 is 0. The van der Waals surface area contributed by atoms with E-state index in [4.69, 9.17) is 0 Å². The molecule has 6 rings (SSSR count). The molecule has 9 nitrogen and oxygen atoms in total. The van der Waals surface area contributed by atoms with Crippen molar-refractivity contribution in [1.82, 2.24) is 35.1 Å². The van der Waals surface area contributed by atoms with E-state index in [1.807, 2.05) is 30.3 Å². The number of fused-ring (bicyclic) bond motifs is 1. The van der Waals surface area contributed by atoms with Gasteiger partial charge in [0.1, 0.15) is 17.3 Å². The summed E-state index contributed by atoms with van der Waals surface area (Å²) in [6.45, 7) is 0.409. The predicted molar refractivity (Wildman–Crippen MR) is 130 cm³/mol. The van der Waals surface area contributed by atoms with Crippen LogP contribution in [-0.2, 0) is 5.91 Å². The minimum atomic E-state index is -2.79. The number of rotatable bonds is 5. The molecule has 0 radical (unpaired) electrons. The monoisotopic (exact) mass is 503 g/mol. The van der Waals surface area contributed by atoms with Crippen LogP contribution in [0.4, 0.5) is 8.78 Å². The summed E-state index contributed by atoms with van der Waals surface area (Å²) in [5.41, 5.74) is 3.26. The lowest BCUT2D eigenvalue weighted by molar-refractivity contribution is -0.283. The summed E-state index contributed by atoms with van der Waals surface area (Å²) in [5.74, 6) is -5.03. The molecule has 1 aliphatic rings. The molecule has 0 aliphatic carbocycles. The number of halogens is 2. The van der Waals surface area contributed by atoms with Crippen molar-refractivity contribution in [3.63, 3.8) is 0 Å². The van der Waals surface area contributed by atoms with E-state index in [-0.39, 0.29) is 19.0 Å². The van der Waals surface area contributed by atoms with Crippen LogP contribution in [0.15, 0.2) is 67.1 Å². The van der Waals surface area contributed by atoms with E-state index < -0.39 is 23.1 Å². The van der Waals surface area contributed by atoms with Crippen LogP contribution in [0.25, 0.3) is 27.8 Å². The van der Waals surface area contributed by atoms with Crippen molar-refractivity contribution in [1.29, 1.82) is 0 Å². The van der Waals surface area contributed by atoms with Gasteiger partial charge in [-0.1, -0.05) is 11.3 Å². The van der Waals surface area contributed by atoms with Crippen molar-refractivity contribution in [2.45, 2.75) is 24.7 Å². The Morgan fingerprint density at radius 1 is 1.03 bits per heavy atom. The van der Waals surface area contributed by atoms with Gasteiger partial charge in [0.25, 0.3) is 5.91 Å². The highest BCUT2D eigenvalue weighted by Gasteiger charge is 2.42. The summed E-state index contributed by atoms with van der Waals surface area (Å²) in [4.78, 5) is 5.33. The number of aliphatic hydroxyl groups is 2. The van der Waals surface area contributed by atoms with Crippen LogP contribution in [0.1, 0.15) is 30.0 Å². The molecule has 1 saturated heterocycles. The highest BCUT2D eigenvalue weighted by Crippen LogP contribution is 2.35. The summed E-state index contributed by atoms with van der Waals surface area (Å²) in [6, 6.07) is 12.8. The summed E-state index contributed by atoms with van der Waals surface area (Å²) in [6.07, 6.45) is 6.53. The highest BCUT2D eigenvalue weighted by atomic mass is 19.1. The predicted octanol–water partition coefficient (Wildman–Crippen LogP) is 3.46. The van der Waals surface area contributed by atoms with E-state index >= 15 is 0 Å². The third-order valence-corrected chi connectivity index (χ3v) is 6.85. The van der Waals surface area contributed by atoms with Crippen LogP contribution in [-0.4, -0.2) is 58.4 Å². The molecule has 0 bridgehead atoms. The second-order valence-electron chi connectivity index (χ2n) is 9.14. The quantitative estimate of drug-likeness (QED) is 0.315. The fourth-order valence-electron chi connectivity index (χ4n) is 4.94. The van der Waals surface area contributed by atoms with E-state index in [2.05, 4.69) is 25.5 Å². The Hall–Kier alpha value is -4.06. The van der Waals surface area contributed by atoms with E-state index in [1.165, 1.54) is 11.0 Å². The molecule has 3 N–H and O–H groups in total. The van der Waals surface area contributed by atoms with Gasteiger partial charge >= 0.3 is 0 Å². The molecule has 1 atom stereocenters. The minimum absolute atomic E-state index is 0.145. The molecule has 1 fully saturated rings. The number of piperidine rings is 1. The smallest absolute Gasteiger partial charge is 0.259 e. The molecular weight excluding hydrogens is 480 g/mol. The standard InChI is InChI=1S/C26H23F2N7O2/c27-20-4-1-5-21(28)24(20)26(36,37)34-12-2-3-17(14-34)23-15-35(33-31-23)18-6-7-22-19(13-18)25(32-30-22)16-8-10-29-11-9-16/h1,4-11,13,15,17,36-37H,2-3,12,14H2,(H,30,32)/t17-/m1/s1. The number of hydrogen-bond acceptors (Lipinski definition) is 7. The molecule has 2 aromatic carbocycles. The van der Waals surface area contributed by atoms with E-state index in [0.717, 1.165) is 46.4 Å². The van der Waals surface area contributed by atoms with Crippen molar-refractivity contribution >= 4 is 10.9 Å². The van der Waals surface area contributed by atoms with E-state index in [9.17, 15) is 19.0 Å². The first-order valence-corrected chi connectivity index (χ1v) is 11.9. The minimum Gasteiger partial charge on any atom is -0.349 e. The van der Waals surface area contributed by atoms with Crippen LogP contribution in [0.3, 0.4) is 0 Å². The summed E-state index contributed by atoms with van der Waals surface area (Å²) < 4.78 is 30.3. The third-order valence-electron chi connectivity index (χ3n) is 6.85. The Kier molecular flexibility index (Phi) is 5.75. The van der Waals surface area contributed by atoms with Gasteiger partial charge in [-0.25, -0.2) is 18.4 Å². The maximum absolute atomic E-state index is 14.3. The molecule has 0 saturated carbocycles. The molecule has 1 aliphatic heterocycles. The Morgan fingerprint density at radius 3 is 2.59 bits per heavy atom. The zero-order chi connectivity index (χ0) is 25.6. The molecule has 0 amide bonds. The first-order chi connectivity index (χ1) is 17.9. The van der Waals surface area contributed by atoms with Gasteiger partial charge in [-0.05, 0) is 55.3 Å². The second kappa shape index (κ2) is 9.11. The Morgan fingerprint density at radius 2 is 1.81 bits per heavy atom. The van der Waals surface area contributed by atoms with Crippen LogP contribution < -0.4 is 0 Å². The van der Waals surface area contributed by atoms with Gasteiger partial charge in [-0.3, -0.25) is 10.1 Å². The fraction of sp³-hybridized carbons (Fsp3) is 0.231. The number of aromatic nitrogens is 6. The largest absolute Gasteiger partial charge is 0.349 e. The topological polar surface area (TPSA) is 116 Å². The van der Waals surface area contributed by atoms with Crippen molar-refractivity contribution in [3.8, 4) is 16.9 Å². The molecule has 11 heteroatoms. The third kappa shape index (κ3) is 4.16. The molecule has 5 aromatic rings. The number of aromatic amines is 1. The maximum atomic E-state index is 14.3. The maximum Gasteiger partial charge on any atom is 0.259 e. The van der Waals surface area contributed by atoms with Crippen molar-refractivity contribution in [2.75, 3.05) is 13.1 Å². The number of nitrogens with one attached hydrogen (secondary N) is 1. The zero-order valence-corrected chi connectivity index (χ0v) is 19.6. The van der Waals surface area contributed by atoms with Gasteiger partial charge in [0, 0.05) is 42.4 Å². The lowest BCUT2D eigenvalue weighted by Gasteiger charge is -2.40. The van der Waals surface area contributed by atoms with Crippen LogP contribution in [0, 0.1) is 11.6 Å². The summed E-state index contributed by atoms with van der Waals surface area (Å²) in [5, 5.41) is 38.6.